The van der Waals surface area contributed by atoms with Crippen LogP contribution in [0.2, 0.25) is 0 Å². The molecule has 0 aliphatic carbocycles. The van der Waals surface area contributed by atoms with E-state index in [4.69, 9.17) is 25.8 Å². The molecule has 0 aliphatic heterocycles. The molecule has 0 aromatic rings. The molecule has 0 aromatic carbocycles. The van der Waals surface area contributed by atoms with Crippen LogP contribution in [0, 0.1) is 0 Å². The predicted molar refractivity (Wildman–Crippen MR) is 30.5 cm³/mol. The molecule has 0 radical (unpaired) electrons. The summed E-state index contributed by atoms with van der Waals surface area (Å²) in [6.45, 7) is 0. The van der Waals surface area contributed by atoms with Crippen LogP contribution < -0.4 is 5.73 Å². The van der Waals surface area contributed by atoms with Crippen molar-refractivity contribution >= 4 is 14.6 Å². The van der Waals surface area contributed by atoms with Gasteiger partial charge in [-0.15, -0.1) is 0 Å². The smallest absolute Gasteiger partial charge is 0.402 e. The first-order valence-corrected chi connectivity index (χ1v) is 2.31. The van der Waals surface area contributed by atoms with Crippen molar-refractivity contribution in [2.45, 2.75) is 6.41 Å². The molecule has 7 nitrogen and oxygen atoms in total. The minimum Gasteiger partial charge on any atom is -0.402 e. The maximum atomic E-state index is 8.05. The van der Waals surface area contributed by atoms with E-state index in [1.807, 2.05) is 0 Å². The Bertz CT molecular complexity index is 77.8. The Morgan fingerprint density at radius 3 is 1.50 bits per heavy atom. The first kappa shape index (κ1) is 9.85. The third-order valence-electron chi connectivity index (χ3n) is 0.512. The van der Waals surface area contributed by atoms with E-state index in [1.165, 1.54) is 0 Å². The molecule has 0 rings (SSSR count). The van der Waals surface area contributed by atoms with Crippen LogP contribution in [0.4, 0.5) is 0 Å². The summed E-state index contributed by atoms with van der Waals surface area (Å²) < 4.78 is 7.82. The summed E-state index contributed by atoms with van der Waals surface area (Å²) in [7, 11) is -4.21. The van der Waals surface area contributed by atoms with Crippen LogP contribution in [-0.2, 0) is 9.31 Å². The van der Waals surface area contributed by atoms with E-state index in [2.05, 4.69) is 9.31 Å². The van der Waals surface area contributed by atoms with Crippen LogP contribution in [0.25, 0.3) is 0 Å². The van der Waals surface area contributed by atoms with Crippen molar-refractivity contribution in [1.29, 1.82) is 0 Å². The quantitative estimate of drug-likeness (QED) is 0.206. The maximum absolute atomic E-state index is 8.05. The third-order valence-corrected chi connectivity index (χ3v) is 0.512. The van der Waals surface area contributed by atoms with Gasteiger partial charge in [0.15, 0.2) is 6.41 Å². The zero-order chi connectivity index (χ0) is 8.15. The Labute approximate surface area is 57.3 Å². The van der Waals surface area contributed by atoms with Gasteiger partial charge in [0.05, 0.1) is 0 Å². The van der Waals surface area contributed by atoms with Gasteiger partial charge in [-0.1, -0.05) is 0 Å². The van der Waals surface area contributed by atoms with E-state index in [0.29, 0.717) is 0 Å². The number of hydrogen-bond donors (Lipinski definition) is 5. The van der Waals surface area contributed by atoms with Gasteiger partial charge < -0.3 is 29.4 Å². The van der Waals surface area contributed by atoms with Crippen LogP contribution in [0.3, 0.4) is 0 Å². The molecule has 0 spiro atoms. The second kappa shape index (κ2) is 4.63. The first-order valence-electron chi connectivity index (χ1n) is 2.31. The SMILES string of the molecule is NC(OB(O)O)OB(O)O. The van der Waals surface area contributed by atoms with Gasteiger partial charge in [0.1, 0.15) is 0 Å². The van der Waals surface area contributed by atoms with Gasteiger partial charge in [-0.25, -0.2) is 0 Å². The Morgan fingerprint density at radius 1 is 1.00 bits per heavy atom. The first-order chi connectivity index (χ1) is 4.52. The Hall–Kier alpha value is -0.150. The van der Waals surface area contributed by atoms with Crippen molar-refractivity contribution in [3.63, 3.8) is 0 Å². The lowest BCUT2D eigenvalue weighted by Gasteiger charge is -2.11. The van der Waals surface area contributed by atoms with Gasteiger partial charge in [-0.2, -0.15) is 0 Å². The minimum atomic E-state index is -2.10. The maximum Gasteiger partial charge on any atom is 0.636 e. The molecule has 58 valence electrons. The topological polar surface area (TPSA) is 125 Å². The van der Waals surface area contributed by atoms with E-state index >= 15 is 0 Å². The predicted octanol–water partition coefficient (Wildman–Crippen LogP) is -3.80. The summed E-state index contributed by atoms with van der Waals surface area (Å²) in [5.41, 5.74) is 4.79. The average Bonchev–Trinajstić information content (AvgIpc) is 1.58. The average molecular weight is 151 g/mol. The molecule has 0 bridgehead atoms. The normalized spacial score (nSPS) is 10.2. The molecule has 0 unspecified atom stereocenters. The highest BCUT2D eigenvalue weighted by Gasteiger charge is 2.19. The molecule has 0 saturated heterocycles. The fourth-order valence-electron chi connectivity index (χ4n) is 0.272. The zero-order valence-corrected chi connectivity index (χ0v) is 4.91. The van der Waals surface area contributed by atoms with Gasteiger partial charge >= 0.3 is 14.6 Å². The Kier molecular flexibility index (Phi) is 4.56. The van der Waals surface area contributed by atoms with Gasteiger partial charge in [0.25, 0.3) is 0 Å². The molecule has 0 saturated carbocycles. The minimum absolute atomic E-state index is 1.58. The summed E-state index contributed by atoms with van der Waals surface area (Å²) in [6.07, 6.45) is -1.58. The summed E-state index contributed by atoms with van der Waals surface area (Å²) in [5.74, 6) is 0. The standard InChI is InChI=1S/CH7B2NO6/c4-1(9-2(5)6)10-3(7)8/h1,5-8H,4H2. The van der Waals surface area contributed by atoms with Crippen molar-refractivity contribution in [1.82, 2.24) is 0 Å². The molecule has 0 fully saturated rings. The van der Waals surface area contributed by atoms with E-state index < -0.39 is 21.1 Å². The van der Waals surface area contributed by atoms with E-state index in [-0.39, 0.29) is 0 Å². The second-order valence-electron chi connectivity index (χ2n) is 1.29. The molecule has 6 N–H and O–H groups in total. The van der Waals surface area contributed by atoms with Gasteiger partial charge in [-0.3, -0.25) is 5.73 Å². The zero-order valence-electron chi connectivity index (χ0n) is 4.91. The fraction of sp³-hybridized carbons (Fsp3) is 1.00. The molecule has 10 heavy (non-hydrogen) atoms. The lowest BCUT2D eigenvalue weighted by Crippen LogP contribution is -2.39. The van der Waals surface area contributed by atoms with Crippen LogP contribution in [0.5, 0.6) is 0 Å². The van der Waals surface area contributed by atoms with Crippen LogP contribution in [0.1, 0.15) is 0 Å². The summed E-state index contributed by atoms with van der Waals surface area (Å²) in [4.78, 5) is 0. The van der Waals surface area contributed by atoms with Gasteiger partial charge in [-0.05, 0) is 0 Å². The summed E-state index contributed by atoms with van der Waals surface area (Å²) in [6, 6.07) is 0. The molecular formula is CH7B2NO6. The van der Waals surface area contributed by atoms with Crippen molar-refractivity contribution in [3.05, 3.63) is 0 Å². The van der Waals surface area contributed by atoms with Crippen LogP contribution in [-0.4, -0.2) is 41.2 Å². The highest BCUT2D eigenvalue weighted by atomic mass is 16.8. The number of hydrogen-bond acceptors (Lipinski definition) is 7. The van der Waals surface area contributed by atoms with Crippen LogP contribution >= 0.6 is 0 Å². The second-order valence-corrected chi connectivity index (χ2v) is 1.29. The Balaban J connectivity index is 3.34. The Morgan fingerprint density at radius 2 is 1.30 bits per heavy atom. The number of rotatable bonds is 4. The molecular weight excluding hydrogens is 144 g/mol. The van der Waals surface area contributed by atoms with Gasteiger partial charge in [0.2, 0.25) is 0 Å². The van der Waals surface area contributed by atoms with E-state index in [1.54, 1.807) is 0 Å². The highest BCUT2D eigenvalue weighted by Crippen LogP contribution is 1.86. The number of nitrogens with two attached hydrogens (primary N) is 1. The van der Waals surface area contributed by atoms with Crippen molar-refractivity contribution < 1.29 is 29.4 Å². The monoisotopic (exact) mass is 151 g/mol. The fourth-order valence-corrected chi connectivity index (χ4v) is 0.272. The summed E-state index contributed by atoms with van der Waals surface area (Å²) >= 11 is 0. The van der Waals surface area contributed by atoms with E-state index in [0.717, 1.165) is 0 Å². The van der Waals surface area contributed by atoms with Crippen molar-refractivity contribution in [2.75, 3.05) is 0 Å². The lowest BCUT2D eigenvalue weighted by molar-refractivity contribution is -0.0485. The largest absolute Gasteiger partial charge is 0.636 e. The summed E-state index contributed by atoms with van der Waals surface area (Å²) in [5, 5.41) is 32.2. The van der Waals surface area contributed by atoms with Crippen LogP contribution in [0.15, 0.2) is 0 Å². The molecule has 9 heteroatoms. The molecule has 0 aromatic heterocycles. The molecule has 0 aliphatic rings. The van der Waals surface area contributed by atoms with Crippen molar-refractivity contribution in [2.24, 2.45) is 5.73 Å². The third kappa shape index (κ3) is 5.98. The molecule has 0 atom stereocenters. The lowest BCUT2D eigenvalue weighted by atomic mass is 10.2. The van der Waals surface area contributed by atoms with Gasteiger partial charge in [0, 0.05) is 0 Å². The van der Waals surface area contributed by atoms with E-state index in [9.17, 15) is 0 Å². The molecule has 0 heterocycles. The highest BCUT2D eigenvalue weighted by molar-refractivity contribution is 6.33. The van der Waals surface area contributed by atoms with Crippen molar-refractivity contribution in [3.8, 4) is 0 Å². The molecule has 0 amide bonds.